The molecule has 2 aromatic heterocycles. The van der Waals surface area contributed by atoms with Crippen LogP contribution < -0.4 is 10.6 Å². The largest absolute Gasteiger partial charge is 0.463 e. The van der Waals surface area contributed by atoms with Gasteiger partial charge in [-0.3, -0.25) is 4.79 Å². The van der Waals surface area contributed by atoms with Gasteiger partial charge in [0.25, 0.3) is 0 Å². The molecule has 1 aliphatic heterocycles. The van der Waals surface area contributed by atoms with Crippen molar-refractivity contribution in [3.8, 4) is 11.5 Å². The Bertz CT molecular complexity index is 567. The van der Waals surface area contributed by atoms with Gasteiger partial charge in [-0.1, -0.05) is 0 Å². The third-order valence-corrected chi connectivity index (χ3v) is 3.70. The Labute approximate surface area is 132 Å². The SMILES string of the molecule is Cl.O=C(CC1CNCCO1)Nc1nc(-c2ccco2)cs1. The van der Waals surface area contributed by atoms with E-state index < -0.39 is 0 Å². The summed E-state index contributed by atoms with van der Waals surface area (Å²) in [5.74, 6) is 0.612. The van der Waals surface area contributed by atoms with E-state index in [1.807, 2.05) is 11.4 Å². The summed E-state index contributed by atoms with van der Waals surface area (Å²) in [7, 11) is 0. The molecule has 0 saturated carbocycles. The number of aromatic nitrogens is 1. The Morgan fingerprint density at radius 1 is 1.57 bits per heavy atom. The van der Waals surface area contributed by atoms with Crippen molar-refractivity contribution in [3.05, 3.63) is 23.8 Å². The van der Waals surface area contributed by atoms with Crippen molar-refractivity contribution < 1.29 is 13.9 Å². The van der Waals surface area contributed by atoms with Crippen LogP contribution in [-0.4, -0.2) is 36.7 Å². The van der Waals surface area contributed by atoms with Crippen LogP contribution in [-0.2, 0) is 9.53 Å². The minimum Gasteiger partial charge on any atom is -0.463 e. The van der Waals surface area contributed by atoms with Crippen molar-refractivity contribution in [2.24, 2.45) is 0 Å². The predicted molar refractivity (Wildman–Crippen MR) is 82.9 cm³/mol. The number of morpholine rings is 1. The van der Waals surface area contributed by atoms with E-state index in [1.54, 1.807) is 12.3 Å². The normalized spacial score (nSPS) is 18.0. The lowest BCUT2D eigenvalue weighted by molar-refractivity contribution is -0.119. The Hall–Kier alpha value is -1.41. The number of ether oxygens (including phenoxy) is 1. The summed E-state index contributed by atoms with van der Waals surface area (Å²) in [6, 6.07) is 3.64. The molecule has 0 radical (unpaired) electrons. The van der Waals surface area contributed by atoms with E-state index in [-0.39, 0.29) is 24.4 Å². The predicted octanol–water partition coefficient (Wildman–Crippen LogP) is 2.14. The Kier molecular flexibility index (Phi) is 5.75. The number of amides is 1. The smallest absolute Gasteiger partial charge is 0.228 e. The minimum absolute atomic E-state index is 0. The van der Waals surface area contributed by atoms with Gasteiger partial charge in [-0.2, -0.15) is 0 Å². The van der Waals surface area contributed by atoms with Gasteiger partial charge in [0.2, 0.25) is 5.91 Å². The van der Waals surface area contributed by atoms with E-state index in [2.05, 4.69) is 15.6 Å². The van der Waals surface area contributed by atoms with Gasteiger partial charge in [0.15, 0.2) is 10.9 Å². The number of nitrogens with one attached hydrogen (secondary N) is 2. The van der Waals surface area contributed by atoms with Crippen molar-refractivity contribution in [1.82, 2.24) is 10.3 Å². The second kappa shape index (κ2) is 7.56. The molecule has 2 aromatic rings. The molecule has 114 valence electrons. The van der Waals surface area contributed by atoms with E-state index in [1.165, 1.54) is 11.3 Å². The first kappa shape index (κ1) is 16.0. The molecule has 0 bridgehead atoms. The lowest BCUT2D eigenvalue weighted by Gasteiger charge is -2.22. The maximum Gasteiger partial charge on any atom is 0.228 e. The number of rotatable bonds is 4. The number of nitrogens with zero attached hydrogens (tertiary/aromatic N) is 1. The van der Waals surface area contributed by atoms with Crippen molar-refractivity contribution in [2.45, 2.75) is 12.5 Å². The average molecular weight is 330 g/mol. The summed E-state index contributed by atoms with van der Waals surface area (Å²) >= 11 is 1.38. The van der Waals surface area contributed by atoms with E-state index in [0.717, 1.165) is 12.2 Å². The molecule has 1 unspecified atom stereocenters. The van der Waals surface area contributed by atoms with E-state index >= 15 is 0 Å². The van der Waals surface area contributed by atoms with Crippen molar-refractivity contribution in [1.29, 1.82) is 0 Å². The molecular weight excluding hydrogens is 314 g/mol. The monoisotopic (exact) mass is 329 g/mol. The average Bonchev–Trinajstić information content (AvgIpc) is 3.10. The fourth-order valence-electron chi connectivity index (χ4n) is 2.00. The van der Waals surface area contributed by atoms with Gasteiger partial charge in [0.1, 0.15) is 5.69 Å². The fraction of sp³-hybridized carbons (Fsp3) is 0.385. The van der Waals surface area contributed by atoms with Gasteiger partial charge in [0.05, 0.1) is 25.4 Å². The van der Waals surface area contributed by atoms with E-state index in [9.17, 15) is 4.79 Å². The van der Waals surface area contributed by atoms with Gasteiger partial charge >= 0.3 is 0 Å². The number of anilines is 1. The Morgan fingerprint density at radius 2 is 2.48 bits per heavy atom. The second-order valence-corrected chi connectivity index (χ2v) is 5.32. The zero-order valence-electron chi connectivity index (χ0n) is 11.2. The third-order valence-electron chi connectivity index (χ3n) is 2.94. The topological polar surface area (TPSA) is 76.4 Å². The lowest BCUT2D eigenvalue weighted by atomic mass is 10.2. The maximum atomic E-state index is 11.9. The fourth-order valence-corrected chi connectivity index (χ4v) is 2.71. The van der Waals surface area contributed by atoms with Crippen LogP contribution in [0.3, 0.4) is 0 Å². The molecule has 1 fully saturated rings. The number of thiazole rings is 1. The zero-order chi connectivity index (χ0) is 13.8. The molecule has 6 nitrogen and oxygen atoms in total. The van der Waals surface area contributed by atoms with Crippen LogP contribution in [0.5, 0.6) is 0 Å². The summed E-state index contributed by atoms with van der Waals surface area (Å²) in [6.45, 7) is 2.21. The minimum atomic E-state index is -0.0842. The quantitative estimate of drug-likeness (QED) is 0.898. The summed E-state index contributed by atoms with van der Waals surface area (Å²) in [5, 5.41) is 8.42. The molecule has 0 aromatic carbocycles. The molecule has 1 atom stereocenters. The first-order chi connectivity index (χ1) is 9.81. The van der Waals surface area contributed by atoms with Crippen molar-refractivity contribution >= 4 is 34.8 Å². The number of hydrogen-bond acceptors (Lipinski definition) is 6. The number of halogens is 1. The maximum absolute atomic E-state index is 11.9. The van der Waals surface area contributed by atoms with Crippen molar-refractivity contribution in [2.75, 3.05) is 25.0 Å². The standard InChI is InChI=1S/C13H15N3O3S.ClH/c17-12(6-9-7-14-3-5-18-9)16-13-15-10(8-20-13)11-2-1-4-19-11;/h1-2,4,8-9,14H,3,5-7H2,(H,15,16,17);1H. The molecule has 3 rings (SSSR count). The van der Waals surface area contributed by atoms with Crippen molar-refractivity contribution in [3.63, 3.8) is 0 Å². The molecular formula is C13H16ClN3O3S. The van der Waals surface area contributed by atoms with Gasteiger partial charge in [0, 0.05) is 18.5 Å². The summed E-state index contributed by atoms with van der Waals surface area (Å²) in [4.78, 5) is 16.2. The number of carbonyl (C=O) groups excluding carboxylic acids is 1. The van der Waals surface area contributed by atoms with Crippen LogP contribution >= 0.6 is 23.7 Å². The zero-order valence-corrected chi connectivity index (χ0v) is 12.8. The van der Waals surface area contributed by atoms with Crippen LogP contribution in [0.1, 0.15) is 6.42 Å². The second-order valence-electron chi connectivity index (χ2n) is 4.46. The third kappa shape index (κ3) is 4.28. The Balaban J connectivity index is 0.00000161. The molecule has 2 N–H and O–H groups in total. The molecule has 0 spiro atoms. The number of carbonyl (C=O) groups is 1. The summed E-state index contributed by atoms with van der Waals surface area (Å²) in [5.41, 5.74) is 0.728. The van der Waals surface area contributed by atoms with Crippen LogP contribution in [0.25, 0.3) is 11.5 Å². The van der Waals surface area contributed by atoms with Gasteiger partial charge in [-0.05, 0) is 12.1 Å². The summed E-state index contributed by atoms with van der Waals surface area (Å²) < 4.78 is 10.8. The Morgan fingerprint density at radius 3 is 3.19 bits per heavy atom. The highest BCUT2D eigenvalue weighted by molar-refractivity contribution is 7.14. The summed E-state index contributed by atoms with van der Waals surface area (Å²) in [6.07, 6.45) is 1.87. The van der Waals surface area contributed by atoms with Crippen LogP contribution in [0, 0.1) is 0 Å². The lowest BCUT2D eigenvalue weighted by Crippen LogP contribution is -2.40. The van der Waals surface area contributed by atoms with Gasteiger partial charge < -0.3 is 19.8 Å². The van der Waals surface area contributed by atoms with E-state index in [0.29, 0.717) is 30.5 Å². The molecule has 0 aliphatic carbocycles. The number of hydrogen-bond donors (Lipinski definition) is 2. The van der Waals surface area contributed by atoms with Gasteiger partial charge in [-0.15, -0.1) is 23.7 Å². The van der Waals surface area contributed by atoms with E-state index in [4.69, 9.17) is 9.15 Å². The van der Waals surface area contributed by atoms with Crippen LogP contribution in [0.2, 0.25) is 0 Å². The van der Waals surface area contributed by atoms with Crippen LogP contribution in [0.15, 0.2) is 28.2 Å². The highest BCUT2D eigenvalue weighted by Gasteiger charge is 2.18. The number of furan rings is 1. The molecule has 1 amide bonds. The highest BCUT2D eigenvalue weighted by atomic mass is 35.5. The molecule has 3 heterocycles. The molecule has 21 heavy (non-hydrogen) atoms. The van der Waals surface area contributed by atoms with Gasteiger partial charge in [-0.25, -0.2) is 4.98 Å². The molecule has 1 aliphatic rings. The van der Waals surface area contributed by atoms with Crippen LogP contribution in [0.4, 0.5) is 5.13 Å². The highest BCUT2D eigenvalue weighted by Crippen LogP contribution is 2.25. The first-order valence-corrected chi connectivity index (χ1v) is 7.31. The first-order valence-electron chi connectivity index (χ1n) is 6.43. The molecule has 8 heteroatoms. The molecule has 1 saturated heterocycles.